The first kappa shape index (κ1) is 15.9. The van der Waals surface area contributed by atoms with E-state index in [0.717, 1.165) is 39.4 Å². The number of aryl methyl sites for hydroxylation is 1. The Morgan fingerprint density at radius 2 is 2.15 bits per heavy atom. The van der Waals surface area contributed by atoms with Gasteiger partial charge in [-0.25, -0.2) is 9.97 Å². The fourth-order valence-corrected chi connectivity index (χ4v) is 2.97. The normalized spacial score (nSPS) is 11.2. The summed E-state index contributed by atoms with van der Waals surface area (Å²) in [6, 6.07) is 9.91. The van der Waals surface area contributed by atoms with Crippen LogP contribution in [0.15, 0.2) is 49.1 Å². The summed E-state index contributed by atoms with van der Waals surface area (Å²) in [5.74, 6) is 0.671. The average molecular weight is 349 g/mol. The second-order valence-electron chi connectivity index (χ2n) is 6.04. The Hall–Kier alpha value is -3.55. The highest BCUT2D eigenvalue weighted by Gasteiger charge is 2.15. The summed E-state index contributed by atoms with van der Waals surface area (Å²) in [7, 11) is 3.76. The monoisotopic (exact) mass is 349 g/mol. The van der Waals surface area contributed by atoms with Gasteiger partial charge in [-0.1, -0.05) is 18.2 Å². The molecule has 0 fully saturated rings. The maximum atomic E-state index is 9.21. The van der Waals surface area contributed by atoms with Crippen molar-refractivity contribution in [1.82, 2.24) is 29.5 Å². The topological polar surface area (TPSA) is 92.3 Å². The summed E-state index contributed by atoms with van der Waals surface area (Å²) in [5, 5.41) is 19.8. The van der Waals surface area contributed by atoms with E-state index < -0.39 is 0 Å². The van der Waals surface area contributed by atoms with Crippen LogP contribution < -0.4 is 10.6 Å². The molecule has 4 aromatic rings. The molecule has 132 valence electrons. The number of aliphatic hydroxyl groups is 1. The molecule has 0 atom stereocenters. The van der Waals surface area contributed by atoms with Gasteiger partial charge in [0.2, 0.25) is 0 Å². The van der Waals surface area contributed by atoms with Crippen molar-refractivity contribution in [2.75, 3.05) is 12.4 Å². The zero-order chi connectivity index (χ0) is 18.3. The fraction of sp³-hybridized carbons (Fsp3) is 0.167. The summed E-state index contributed by atoms with van der Waals surface area (Å²) < 4.78 is 3.73. The summed E-state index contributed by atoms with van der Waals surface area (Å²) in [4.78, 5) is 9.03. The number of aliphatic hydroxyl groups excluding tert-OH is 1. The minimum Gasteiger partial charge on any atom is -0.495 e. The van der Waals surface area contributed by atoms with Crippen LogP contribution in [0.2, 0.25) is 0 Å². The van der Waals surface area contributed by atoms with E-state index in [0.29, 0.717) is 6.54 Å². The number of anilines is 1. The molecule has 0 aliphatic carbocycles. The van der Waals surface area contributed by atoms with Gasteiger partial charge in [0.25, 0.3) is 0 Å². The van der Waals surface area contributed by atoms with Crippen molar-refractivity contribution in [2.45, 2.75) is 6.54 Å². The summed E-state index contributed by atoms with van der Waals surface area (Å²) in [5.41, 5.74) is 5.20. The van der Waals surface area contributed by atoms with Crippen LogP contribution in [0.4, 0.5) is 5.82 Å². The molecule has 0 radical (unpaired) electrons. The Morgan fingerprint density at radius 3 is 2.92 bits per heavy atom. The van der Waals surface area contributed by atoms with Crippen LogP contribution in [0.1, 0.15) is 5.56 Å². The van der Waals surface area contributed by atoms with Gasteiger partial charge < -0.3 is 20.3 Å². The van der Waals surface area contributed by atoms with Crippen molar-refractivity contribution in [2.24, 2.45) is 7.05 Å². The Bertz CT molecular complexity index is 1130. The van der Waals surface area contributed by atoms with Gasteiger partial charge in [0.1, 0.15) is 0 Å². The van der Waals surface area contributed by atoms with Gasteiger partial charge in [-0.15, -0.1) is 0 Å². The molecule has 0 spiro atoms. The Morgan fingerprint density at radius 1 is 1.31 bits per heavy atom. The number of aromatic nitrogens is 5. The second-order valence-corrected chi connectivity index (χ2v) is 6.04. The molecule has 0 saturated heterocycles. The Balaban J connectivity index is 1.83. The zero-order valence-electron chi connectivity index (χ0n) is 14.6. The lowest BCUT2D eigenvalue weighted by Crippen LogP contribution is -2.10. The van der Waals surface area contributed by atoms with Crippen molar-refractivity contribution in [1.29, 1.82) is 0 Å². The Kier molecular flexibility index (Phi) is 3.72. The third-order valence-corrected chi connectivity index (χ3v) is 4.20. The Labute approximate surface area is 149 Å². The van der Waals surface area contributed by atoms with E-state index in [-0.39, 0.29) is 5.88 Å². The molecule has 0 unspecified atom stereocenters. The number of fused-ring (bicyclic) bond motifs is 3. The number of nitrogens with one attached hydrogen (secondary N) is 2. The van der Waals surface area contributed by atoms with Crippen molar-refractivity contribution >= 4 is 22.6 Å². The van der Waals surface area contributed by atoms with Crippen LogP contribution in [0.25, 0.3) is 28.1 Å². The van der Waals surface area contributed by atoms with Gasteiger partial charge in [-0.2, -0.15) is 9.61 Å². The highest BCUT2D eigenvalue weighted by molar-refractivity contribution is 5.86. The van der Waals surface area contributed by atoms with Crippen molar-refractivity contribution in [3.05, 3.63) is 54.7 Å². The van der Waals surface area contributed by atoms with E-state index in [1.165, 1.54) is 0 Å². The first-order valence-corrected chi connectivity index (χ1v) is 8.16. The summed E-state index contributed by atoms with van der Waals surface area (Å²) >= 11 is 0. The predicted octanol–water partition coefficient (Wildman–Crippen LogP) is 2.44. The maximum Gasteiger partial charge on any atom is 0.176 e. The number of benzene rings is 1. The van der Waals surface area contributed by atoms with Crippen molar-refractivity contribution in [3.63, 3.8) is 0 Å². The number of nitrogens with zero attached hydrogens (tertiary/aromatic N) is 5. The van der Waals surface area contributed by atoms with E-state index in [2.05, 4.69) is 27.2 Å². The van der Waals surface area contributed by atoms with Gasteiger partial charge in [0.05, 0.1) is 12.0 Å². The van der Waals surface area contributed by atoms with Crippen molar-refractivity contribution < 1.29 is 5.11 Å². The predicted molar refractivity (Wildman–Crippen MR) is 101 cm³/mol. The summed E-state index contributed by atoms with van der Waals surface area (Å²) in [6.07, 6.45) is 1.75. The van der Waals surface area contributed by atoms with E-state index in [1.807, 2.05) is 49.0 Å². The molecule has 0 amide bonds. The molecule has 0 bridgehead atoms. The smallest absolute Gasteiger partial charge is 0.176 e. The second kappa shape index (κ2) is 6.07. The van der Waals surface area contributed by atoms with E-state index in [9.17, 15) is 5.11 Å². The maximum absolute atomic E-state index is 9.21. The molecular formula is C18H19N7O. The standard InChI is InChI=1S/C18H19N7O/c1-11(26)20-9-12-5-4-6-13(7-12)14-8-15-22-17(19-2)16-18(25(15)23-14)24(3)10-21-16/h4-8,10,20,26H,1,9H2,2-3H3,(H,19,22). The molecule has 8 heteroatoms. The average Bonchev–Trinajstić information content (AvgIpc) is 3.23. The molecular weight excluding hydrogens is 330 g/mol. The fourth-order valence-electron chi connectivity index (χ4n) is 2.97. The minimum atomic E-state index is -0.0504. The van der Waals surface area contributed by atoms with E-state index in [4.69, 9.17) is 5.10 Å². The largest absolute Gasteiger partial charge is 0.495 e. The molecule has 0 aliphatic heterocycles. The third-order valence-electron chi connectivity index (χ3n) is 4.20. The zero-order valence-corrected chi connectivity index (χ0v) is 14.6. The van der Waals surface area contributed by atoms with Gasteiger partial charge in [0.15, 0.2) is 28.5 Å². The molecule has 1 aromatic carbocycles. The molecule has 0 saturated carbocycles. The highest BCUT2D eigenvalue weighted by Crippen LogP contribution is 2.25. The van der Waals surface area contributed by atoms with Crippen LogP contribution in [0, 0.1) is 0 Å². The van der Waals surface area contributed by atoms with Gasteiger partial charge >= 0.3 is 0 Å². The minimum absolute atomic E-state index is 0.0504. The van der Waals surface area contributed by atoms with Crippen LogP contribution in [0.5, 0.6) is 0 Å². The molecule has 26 heavy (non-hydrogen) atoms. The van der Waals surface area contributed by atoms with Crippen LogP contribution in [-0.2, 0) is 13.6 Å². The third kappa shape index (κ3) is 2.61. The van der Waals surface area contributed by atoms with Gasteiger partial charge in [0, 0.05) is 32.3 Å². The first-order valence-electron chi connectivity index (χ1n) is 8.16. The quantitative estimate of drug-likeness (QED) is 0.479. The molecule has 3 aromatic heterocycles. The molecule has 0 aliphatic rings. The molecule has 3 N–H and O–H groups in total. The number of rotatable bonds is 5. The van der Waals surface area contributed by atoms with E-state index >= 15 is 0 Å². The molecule has 3 heterocycles. The lowest BCUT2D eigenvalue weighted by molar-refractivity contribution is 0.366. The first-order chi connectivity index (χ1) is 12.6. The van der Waals surface area contributed by atoms with Gasteiger partial charge in [-0.05, 0) is 18.2 Å². The van der Waals surface area contributed by atoms with Crippen LogP contribution in [-0.4, -0.2) is 36.3 Å². The highest BCUT2D eigenvalue weighted by atomic mass is 16.3. The van der Waals surface area contributed by atoms with Crippen LogP contribution >= 0.6 is 0 Å². The van der Waals surface area contributed by atoms with E-state index in [1.54, 1.807) is 10.8 Å². The van der Waals surface area contributed by atoms with Crippen molar-refractivity contribution in [3.8, 4) is 11.3 Å². The molecule has 4 rings (SSSR count). The number of hydrogen-bond acceptors (Lipinski definition) is 6. The lowest BCUT2D eigenvalue weighted by Gasteiger charge is -2.05. The SMILES string of the molecule is C=C(O)NCc1cccc(-c2cc3nc(NC)c4ncn(C)c4n3n2)c1. The van der Waals surface area contributed by atoms with Gasteiger partial charge in [-0.3, -0.25) is 0 Å². The van der Waals surface area contributed by atoms with Crippen LogP contribution in [0.3, 0.4) is 0 Å². The number of imidazole rings is 1. The molecule has 8 nitrogen and oxygen atoms in total. The number of hydrogen-bond donors (Lipinski definition) is 3. The lowest BCUT2D eigenvalue weighted by atomic mass is 10.1. The summed E-state index contributed by atoms with van der Waals surface area (Å²) in [6.45, 7) is 3.93.